The van der Waals surface area contributed by atoms with Crippen LogP contribution in [0.3, 0.4) is 0 Å². The van der Waals surface area contributed by atoms with Gasteiger partial charge in [-0.25, -0.2) is 17.6 Å². The van der Waals surface area contributed by atoms with Crippen LogP contribution in [0, 0.1) is 18.6 Å². The van der Waals surface area contributed by atoms with Crippen molar-refractivity contribution in [2.24, 2.45) is 0 Å². The average molecular weight is 178 g/mol. The van der Waals surface area contributed by atoms with Gasteiger partial charge in [0.15, 0.2) is 0 Å². The number of halogens is 4. The van der Waals surface area contributed by atoms with E-state index in [-0.39, 0.29) is 5.56 Å². The molecule has 1 aromatic carbocycles. The van der Waals surface area contributed by atoms with Crippen molar-refractivity contribution in [1.29, 1.82) is 0 Å². The summed E-state index contributed by atoms with van der Waals surface area (Å²) in [6.07, 6.45) is -2.90. The largest absolute Gasteiger partial charge is 0.266 e. The first-order chi connectivity index (χ1) is 5.52. The summed E-state index contributed by atoms with van der Waals surface area (Å²) in [5.74, 6) is -2.01. The van der Waals surface area contributed by atoms with Crippen LogP contribution in [0.5, 0.6) is 0 Å². The van der Waals surface area contributed by atoms with Crippen LogP contribution < -0.4 is 0 Å². The molecule has 0 saturated carbocycles. The molecule has 0 nitrogen and oxygen atoms in total. The first-order valence-corrected chi connectivity index (χ1v) is 3.26. The van der Waals surface area contributed by atoms with E-state index in [2.05, 4.69) is 0 Å². The van der Waals surface area contributed by atoms with Gasteiger partial charge in [-0.1, -0.05) is 0 Å². The molecule has 4 heteroatoms. The van der Waals surface area contributed by atoms with Crippen molar-refractivity contribution in [2.45, 2.75) is 13.3 Å². The Kier molecular flexibility index (Phi) is 2.35. The van der Waals surface area contributed by atoms with E-state index in [4.69, 9.17) is 0 Å². The minimum absolute atomic E-state index is 0.0201. The Balaban J connectivity index is 3.23. The highest BCUT2D eigenvalue weighted by Gasteiger charge is 2.15. The molecule has 1 aromatic rings. The van der Waals surface area contributed by atoms with Gasteiger partial charge in [-0.3, -0.25) is 0 Å². The maximum absolute atomic E-state index is 12.6. The van der Waals surface area contributed by atoms with Crippen molar-refractivity contribution in [3.63, 3.8) is 0 Å². The molecule has 0 N–H and O–H groups in total. The number of alkyl halides is 2. The maximum atomic E-state index is 12.6. The Bertz CT molecular complexity index is 293. The van der Waals surface area contributed by atoms with Crippen LogP contribution in [0.4, 0.5) is 17.6 Å². The number of rotatable bonds is 1. The van der Waals surface area contributed by atoms with Gasteiger partial charge in [0.25, 0.3) is 6.43 Å². The van der Waals surface area contributed by atoms with Gasteiger partial charge in [0.1, 0.15) is 11.6 Å². The molecule has 0 aromatic heterocycles. The fourth-order valence-corrected chi connectivity index (χ4v) is 0.847. The highest BCUT2D eigenvalue weighted by Crippen LogP contribution is 2.24. The summed E-state index contributed by atoms with van der Waals surface area (Å²) in [5, 5.41) is 0. The lowest BCUT2D eigenvalue weighted by Gasteiger charge is -2.03. The molecule has 0 aliphatic heterocycles. The second kappa shape index (κ2) is 3.13. The second-order valence-electron chi connectivity index (χ2n) is 2.42. The standard InChI is InChI=1S/C8H6F4/c1-4-2-5(8(11)12)7(10)3-6(4)9/h2-3,8H,1H3. The van der Waals surface area contributed by atoms with Crippen molar-refractivity contribution < 1.29 is 17.6 Å². The SMILES string of the molecule is Cc1cc(C(F)F)c(F)cc1F. The summed E-state index contributed by atoms with van der Waals surface area (Å²) in [7, 11) is 0. The highest BCUT2D eigenvalue weighted by molar-refractivity contribution is 5.26. The van der Waals surface area contributed by atoms with Crippen LogP contribution in [-0.2, 0) is 0 Å². The maximum Gasteiger partial charge on any atom is 0.266 e. The summed E-state index contributed by atoms with van der Waals surface area (Å²) < 4.78 is 49.1. The van der Waals surface area contributed by atoms with E-state index in [0.29, 0.717) is 6.07 Å². The minimum atomic E-state index is -2.90. The zero-order chi connectivity index (χ0) is 9.30. The first kappa shape index (κ1) is 9.03. The van der Waals surface area contributed by atoms with Crippen molar-refractivity contribution in [3.05, 3.63) is 34.9 Å². The molecule has 0 spiro atoms. The fourth-order valence-electron chi connectivity index (χ4n) is 0.847. The summed E-state index contributed by atoms with van der Waals surface area (Å²) in [4.78, 5) is 0. The third-order valence-corrected chi connectivity index (χ3v) is 1.51. The third kappa shape index (κ3) is 1.57. The smallest absolute Gasteiger partial charge is 0.207 e. The number of benzene rings is 1. The minimum Gasteiger partial charge on any atom is -0.207 e. The van der Waals surface area contributed by atoms with Gasteiger partial charge in [0.05, 0.1) is 5.56 Å². The molecule has 0 unspecified atom stereocenters. The molecule has 0 aliphatic rings. The van der Waals surface area contributed by atoms with Gasteiger partial charge in [-0.15, -0.1) is 0 Å². The Morgan fingerprint density at radius 3 is 2.17 bits per heavy atom. The summed E-state index contributed by atoms with van der Waals surface area (Å²) >= 11 is 0. The second-order valence-corrected chi connectivity index (χ2v) is 2.42. The van der Waals surface area contributed by atoms with Crippen LogP contribution in [0.1, 0.15) is 17.6 Å². The molecule has 0 heterocycles. The molecule has 0 aliphatic carbocycles. The zero-order valence-corrected chi connectivity index (χ0v) is 6.24. The molecule has 1 rings (SSSR count). The Morgan fingerprint density at radius 2 is 1.67 bits per heavy atom. The Hall–Kier alpha value is -1.06. The summed E-state index contributed by atoms with van der Waals surface area (Å²) in [6.45, 7) is 1.31. The lowest BCUT2D eigenvalue weighted by atomic mass is 10.1. The molecule has 12 heavy (non-hydrogen) atoms. The van der Waals surface area contributed by atoms with Gasteiger partial charge >= 0.3 is 0 Å². The van der Waals surface area contributed by atoms with Crippen LogP contribution in [0.15, 0.2) is 12.1 Å². The topological polar surface area (TPSA) is 0 Å². The molecule has 0 fully saturated rings. The number of hydrogen-bond acceptors (Lipinski definition) is 0. The molecular weight excluding hydrogens is 172 g/mol. The lowest BCUT2D eigenvalue weighted by molar-refractivity contribution is 0.146. The number of aryl methyl sites for hydroxylation is 1. The lowest BCUT2D eigenvalue weighted by Crippen LogP contribution is -1.94. The van der Waals surface area contributed by atoms with Gasteiger partial charge in [0, 0.05) is 6.07 Å². The van der Waals surface area contributed by atoms with Crippen LogP contribution in [-0.4, -0.2) is 0 Å². The van der Waals surface area contributed by atoms with E-state index in [0.717, 1.165) is 6.07 Å². The fraction of sp³-hybridized carbons (Fsp3) is 0.250. The average Bonchev–Trinajstić information content (AvgIpc) is 1.96. The quantitative estimate of drug-likeness (QED) is 0.579. The third-order valence-electron chi connectivity index (χ3n) is 1.51. The predicted molar refractivity (Wildman–Crippen MR) is 36.1 cm³/mol. The van der Waals surface area contributed by atoms with Gasteiger partial charge < -0.3 is 0 Å². The van der Waals surface area contributed by atoms with Crippen molar-refractivity contribution in [3.8, 4) is 0 Å². The summed E-state index contributed by atoms with van der Waals surface area (Å²) in [6, 6.07) is 1.28. The predicted octanol–water partition coefficient (Wildman–Crippen LogP) is 3.21. The molecule has 0 bridgehead atoms. The molecular formula is C8H6F4. The molecule has 0 saturated heterocycles. The molecule has 0 atom stereocenters. The molecule has 0 amide bonds. The van der Waals surface area contributed by atoms with Crippen molar-refractivity contribution in [2.75, 3.05) is 0 Å². The molecule has 0 radical (unpaired) electrons. The van der Waals surface area contributed by atoms with E-state index in [1.807, 2.05) is 0 Å². The van der Waals surface area contributed by atoms with Crippen molar-refractivity contribution in [1.82, 2.24) is 0 Å². The Labute approximate surface area is 66.8 Å². The summed E-state index contributed by atoms with van der Waals surface area (Å²) in [5.41, 5.74) is -0.736. The normalized spacial score (nSPS) is 10.8. The number of hydrogen-bond donors (Lipinski definition) is 0. The van der Waals surface area contributed by atoms with Gasteiger partial charge in [-0.2, -0.15) is 0 Å². The monoisotopic (exact) mass is 178 g/mol. The zero-order valence-electron chi connectivity index (χ0n) is 6.24. The van der Waals surface area contributed by atoms with E-state index in [9.17, 15) is 17.6 Å². The van der Waals surface area contributed by atoms with E-state index in [1.165, 1.54) is 6.92 Å². The van der Waals surface area contributed by atoms with Gasteiger partial charge in [-0.05, 0) is 18.6 Å². The Morgan fingerprint density at radius 1 is 1.08 bits per heavy atom. The van der Waals surface area contributed by atoms with Crippen LogP contribution in [0.2, 0.25) is 0 Å². The van der Waals surface area contributed by atoms with Crippen LogP contribution >= 0.6 is 0 Å². The van der Waals surface area contributed by atoms with E-state index < -0.39 is 23.6 Å². The van der Waals surface area contributed by atoms with E-state index >= 15 is 0 Å². The van der Waals surface area contributed by atoms with Crippen molar-refractivity contribution >= 4 is 0 Å². The molecule has 66 valence electrons. The van der Waals surface area contributed by atoms with E-state index in [1.54, 1.807) is 0 Å². The van der Waals surface area contributed by atoms with Gasteiger partial charge in [0.2, 0.25) is 0 Å². The van der Waals surface area contributed by atoms with Crippen LogP contribution in [0.25, 0.3) is 0 Å². The highest BCUT2D eigenvalue weighted by atomic mass is 19.3. The first-order valence-electron chi connectivity index (χ1n) is 3.26.